The topological polar surface area (TPSA) is 66.8 Å². The lowest BCUT2D eigenvalue weighted by atomic mass is 9.89. The van der Waals surface area contributed by atoms with Crippen molar-refractivity contribution in [2.75, 3.05) is 0 Å². The Morgan fingerprint density at radius 2 is 1.92 bits per heavy atom. The van der Waals surface area contributed by atoms with Crippen LogP contribution in [-0.4, -0.2) is 21.9 Å². The van der Waals surface area contributed by atoms with Gasteiger partial charge in [0.1, 0.15) is 5.60 Å². The van der Waals surface area contributed by atoms with Crippen molar-refractivity contribution in [1.82, 2.24) is 0 Å². The molecule has 0 heterocycles. The van der Waals surface area contributed by atoms with Crippen LogP contribution in [-0.2, 0) is 9.68 Å². The predicted molar refractivity (Wildman–Crippen MR) is 43.8 cm³/mol. The first-order valence-electron chi connectivity index (χ1n) is 3.79. The highest BCUT2D eigenvalue weighted by atomic mass is 17.1. The summed E-state index contributed by atoms with van der Waals surface area (Å²) in [5.74, 6) is -1.15. The lowest BCUT2D eigenvalue weighted by Crippen LogP contribution is -2.35. The van der Waals surface area contributed by atoms with Gasteiger partial charge in [0, 0.05) is 0 Å². The third-order valence-corrected chi connectivity index (χ3v) is 2.13. The molecule has 70 valence electrons. The summed E-state index contributed by atoms with van der Waals surface area (Å²) in [7, 11) is 0. The molecule has 0 aromatic heterocycles. The smallest absolute Gasteiger partial charge is 0.334 e. The van der Waals surface area contributed by atoms with Gasteiger partial charge in [-0.05, 0) is 12.8 Å². The average Bonchev–Trinajstić information content (AvgIpc) is 2.08. The predicted octanol–water partition coefficient (Wildman–Crippen LogP) is 1.68. The second-order valence-electron chi connectivity index (χ2n) is 2.58. The number of rotatable bonds is 5. The summed E-state index contributed by atoms with van der Waals surface area (Å²) < 4.78 is 0. The van der Waals surface area contributed by atoms with Crippen LogP contribution in [0.25, 0.3) is 0 Å². The van der Waals surface area contributed by atoms with Crippen molar-refractivity contribution in [2.24, 2.45) is 0 Å². The maximum absolute atomic E-state index is 10.5. The fourth-order valence-electron chi connectivity index (χ4n) is 1.06. The SMILES string of the molecule is C=C(C(=O)O)C(CC)(CC)OO. The van der Waals surface area contributed by atoms with Gasteiger partial charge in [-0.1, -0.05) is 20.4 Å². The van der Waals surface area contributed by atoms with Crippen LogP contribution in [0.15, 0.2) is 12.2 Å². The van der Waals surface area contributed by atoms with Gasteiger partial charge in [0.25, 0.3) is 0 Å². The van der Waals surface area contributed by atoms with Crippen molar-refractivity contribution >= 4 is 5.97 Å². The van der Waals surface area contributed by atoms with Crippen LogP contribution in [0.5, 0.6) is 0 Å². The van der Waals surface area contributed by atoms with Gasteiger partial charge in [-0.3, -0.25) is 5.26 Å². The molecule has 0 aliphatic heterocycles. The number of hydrogen-bond donors (Lipinski definition) is 2. The molecule has 0 spiro atoms. The van der Waals surface area contributed by atoms with Gasteiger partial charge in [0.15, 0.2) is 0 Å². The minimum absolute atomic E-state index is 0.116. The minimum atomic E-state index is -1.15. The van der Waals surface area contributed by atoms with E-state index in [1.165, 1.54) is 0 Å². The Morgan fingerprint density at radius 1 is 1.50 bits per heavy atom. The minimum Gasteiger partial charge on any atom is -0.478 e. The van der Waals surface area contributed by atoms with Crippen LogP contribution in [0.1, 0.15) is 26.7 Å². The molecule has 0 bridgehead atoms. The van der Waals surface area contributed by atoms with E-state index in [-0.39, 0.29) is 5.57 Å². The van der Waals surface area contributed by atoms with Gasteiger partial charge >= 0.3 is 5.97 Å². The normalized spacial score (nSPS) is 11.2. The maximum atomic E-state index is 10.5. The van der Waals surface area contributed by atoms with Crippen molar-refractivity contribution in [3.8, 4) is 0 Å². The van der Waals surface area contributed by atoms with E-state index in [0.29, 0.717) is 12.8 Å². The fourth-order valence-corrected chi connectivity index (χ4v) is 1.06. The highest BCUT2D eigenvalue weighted by molar-refractivity contribution is 5.88. The number of carboxylic acid groups (broad SMARTS) is 1. The van der Waals surface area contributed by atoms with Crippen molar-refractivity contribution in [2.45, 2.75) is 32.3 Å². The summed E-state index contributed by atoms with van der Waals surface area (Å²) in [5, 5.41) is 17.2. The number of hydrogen-bond acceptors (Lipinski definition) is 3. The molecule has 0 radical (unpaired) electrons. The van der Waals surface area contributed by atoms with Crippen LogP contribution >= 0.6 is 0 Å². The highest BCUT2D eigenvalue weighted by Crippen LogP contribution is 2.27. The lowest BCUT2D eigenvalue weighted by Gasteiger charge is -2.27. The second-order valence-corrected chi connectivity index (χ2v) is 2.58. The van der Waals surface area contributed by atoms with E-state index >= 15 is 0 Å². The fraction of sp³-hybridized carbons (Fsp3) is 0.625. The van der Waals surface area contributed by atoms with Crippen molar-refractivity contribution in [3.63, 3.8) is 0 Å². The summed E-state index contributed by atoms with van der Waals surface area (Å²) >= 11 is 0. The van der Waals surface area contributed by atoms with Crippen LogP contribution in [0.4, 0.5) is 0 Å². The van der Waals surface area contributed by atoms with Crippen LogP contribution < -0.4 is 0 Å². The first-order valence-corrected chi connectivity index (χ1v) is 3.79. The molecule has 2 N–H and O–H groups in total. The van der Waals surface area contributed by atoms with Crippen molar-refractivity contribution < 1.29 is 20.0 Å². The van der Waals surface area contributed by atoms with Crippen molar-refractivity contribution in [1.29, 1.82) is 0 Å². The van der Waals surface area contributed by atoms with Gasteiger partial charge in [0.05, 0.1) is 5.57 Å². The number of carbonyl (C=O) groups is 1. The Balaban J connectivity index is 4.71. The van der Waals surface area contributed by atoms with Crippen LogP contribution in [0.3, 0.4) is 0 Å². The quantitative estimate of drug-likeness (QED) is 0.378. The summed E-state index contributed by atoms with van der Waals surface area (Å²) in [5.41, 5.74) is -1.25. The van der Waals surface area contributed by atoms with E-state index in [0.717, 1.165) is 0 Å². The molecule has 0 atom stereocenters. The highest BCUT2D eigenvalue weighted by Gasteiger charge is 2.35. The molecule has 12 heavy (non-hydrogen) atoms. The van der Waals surface area contributed by atoms with E-state index in [9.17, 15) is 4.79 Å². The van der Waals surface area contributed by atoms with E-state index in [1.807, 2.05) is 0 Å². The number of aliphatic carboxylic acids is 1. The third kappa shape index (κ3) is 1.84. The zero-order chi connectivity index (χ0) is 9.78. The van der Waals surface area contributed by atoms with E-state index < -0.39 is 11.6 Å². The molecule has 0 saturated heterocycles. The maximum Gasteiger partial charge on any atom is 0.334 e. The zero-order valence-electron chi connectivity index (χ0n) is 7.33. The second kappa shape index (κ2) is 4.23. The first-order chi connectivity index (χ1) is 5.54. The molecule has 0 aromatic rings. The molecule has 0 amide bonds. The summed E-state index contributed by atoms with van der Waals surface area (Å²) in [6.07, 6.45) is 0.760. The molecule has 0 saturated carbocycles. The molecule has 0 unspecified atom stereocenters. The van der Waals surface area contributed by atoms with E-state index in [4.69, 9.17) is 10.4 Å². The molecule has 0 aliphatic rings. The lowest BCUT2D eigenvalue weighted by molar-refractivity contribution is -0.312. The number of carboxylic acids is 1. The summed E-state index contributed by atoms with van der Waals surface area (Å²) in [6, 6.07) is 0. The van der Waals surface area contributed by atoms with Gasteiger partial charge in [-0.2, -0.15) is 0 Å². The Hall–Kier alpha value is -0.870. The molecule has 0 fully saturated rings. The Bertz CT molecular complexity index is 173. The first kappa shape index (κ1) is 11.1. The van der Waals surface area contributed by atoms with Gasteiger partial charge in [-0.15, -0.1) is 0 Å². The summed E-state index contributed by atoms with van der Waals surface area (Å²) in [6.45, 7) is 6.81. The molecule has 0 rings (SSSR count). The largest absolute Gasteiger partial charge is 0.478 e. The Kier molecular flexibility index (Phi) is 3.92. The monoisotopic (exact) mass is 174 g/mol. The zero-order valence-corrected chi connectivity index (χ0v) is 7.33. The molecule has 4 heteroatoms. The van der Waals surface area contributed by atoms with E-state index in [1.54, 1.807) is 13.8 Å². The molecular weight excluding hydrogens is 160 g/mol. The van der Waals surface area contributed by atoms with Gasteiger partial charge < -0.3 is 5.11 Å². The van der Waals surface area contributed by atoms with Crippen LogP contribution in [0, 0.1) is 0 Å². The molecule has 0 aromatic carbocycles. The average molecular weight is 174 g/mol. The Morgan fingerprint density at radius 3 is 2.00 bits per heavy atom. The van der Waals surface area contributed by atoms with E-state index in [2.05, 4.69) is 11.5 Å². The molecule has 4 nitrogen and oxygen atoms in total. The third-order valence-electron chi connectivity index (χ3n) is 2.13. The Labute approximate surface area is 71.4 Å². The van der Waals surface area contributed by atoms with Gasteiger partial charge in [-0.25, -0.2) is 9.68 Å². The standard InChI is InChI=1S/C8H14O4/c1-4-8(5-2,12-11)6(3)7(9)10/h11H,3-5H2,1-2H3,(H,9,10). The van der Waals surface area contributed by atoms with Crippen LogP contribution in [0.2, 0.25) is 0 Å². The van der Waals surface area contributed by atoms with Gasteiger partial charge in [0.2, 0.25) is 0 Å². The molecule has 0 aliphatic carbocycles. The summed E-state index contributed by atoms with van der Waals surface area (Å²) in [4.78, 5) is 14.7. The molecular formula is C8H14O4. The van der Waals surface area contributed by atoms with Crippen molar-refractivity contribution in [3.05, 3.63) is 12.2 Å².